The number of benzene rings is 1. The lowest BCUT2D eigenvalue weighted by atomic mass is 9.83. The van der Waals surface area contributed by atoms with Gasteiger partial charge in [-0.3, -0.25) is 4.79 Å². The van der Waals surface area contributed by atoms with Gasteiger partial charge in [0.15, 0.2) is 5.78 Å². The molecule has 0 aliphatic heterocycles. The lowest BCUT2D eigenvalue weighted by molar-refractivity contribution is 0.0950. The van der Waals surface area contributed by atoms with E-state index in [0.717, 1.165) is 6.42 Å². The summed E-state index contributed by atoms with van der Waals surface area (Å²) in [6, 6.07) is 4.37. The van der Waals surface area contributed by atoms with Crippen molar-refractivity contribution in [2.24, 2.45) is 11.3 Å². The van der Waals surface area contributed by atoms with Crippen LogP contribution in [0.2, 0.25) is 0 Å². The van der Waals surface area contributed by atoms with E-state index in [9.17, 15) is 9.18 Å². The predicted octanol–water partition coefficient (Wildman–Crippen LogP) is 4.48. The Hall–Kier alpha value is -1.38. The minimum absolute atomic E-state index is 0.142. The number of Topliss-reactive ketones (excluding diaryl/α,β-unsaturated/α-hetero) is 1. The van der Waals surface area contributed by atoms with Crippen molar-refractivity contribution < 1.29 is 13.9 Å². The molecule has 106 valence electrons. The summed E-state index contributed by atoms with van der Waals surface area (Å²) in [5, 5.41) is 0. The Morgan fingerprint density at radius 3 is 2.47 bits per heavy atom. The fraction of sp³-hybridized carbons (Fsp3) is 0.562. The molecule has 1 aromatic carbocycles. The summed E-state index contributed by atoms with van der Waals surface area (Å²) < 4.78 is 18.7. The molecule has 0 aromatic heterocycles. The molecule has 0 bridgehead atoms. The Morgan fingerprint density at radius 1 is 1.37 bits per heavy atom. The Kier molecular flexibility index (Phi) is 5.10. The summed E-state index contributed by atoms with van der Waals surface area (Å²) in [5.74, 6) is 0.0232. The topological polar surface area (TPSA) is 26.3 Å². The van der Waals surface area contributed by atoms with Crippen LogP contribution >= 0.6 is 0 Å². The highest BCUT2D eigenvalue weighted by molar-refractivity contribution is 5.96. The molecule has 0 aliphatic rings. The Labute approximate surface area is 115 Å². The molecule has 0 saturated carbocycles. The van der Waals surface area contributed by atoms with E-state index in [-0.39, 0.29) is 22.7 Å². The van der Waals surface area contributed by atoms with E-state index in [2.05, 4.69) is 20.8 Å². The standard InChI is InChI=1S/C16H23FO2/c1-11(10-16(2,3)4)8-15(18)13-7-6-12(19-5)9-14(13)17/h6-7,9,11H,8,10H2,1-5H3. The minimum atomic E-state index is -0.507. The van der Waals surface area contributed by atoms with Crippen LogP contribution in [0.15, 0.2) is 18.2 Å². The van der Waals surface area contributed by atoms with Crippen molar-refractivity contribution in [2.75, 3.05) is 7.11 Å². The van der Waals surface area contributed by atoms with Crippen molar-refractivity contribution in [1.82, 2.24) is 0 Å². The van der Waals surface area contributed by atoms with E-state index in [4.69, 9.17) is 4.74 Å². The zero-order valence-electron chi connectivity index (χ0n) is 12.4. The molecule has 0 fully saturated rings. The lowest BCUT2D eigenvalue weighted by Gasteiger charge is -2.22. The number of hydrogen-bond acceptors (Lipinski definition) is 2. The van der Waals surface area contributed by atoms with Gasteiger partial charge in [-0.1, -0.05) is 27.7 Å². The van der Waals surface area contributed by atoms with Gasteiger partial charge in [0.2, 0.25) is 0 Å². The summed E-state index contributed by atoms with van der Waals surface area (Å²) in [7, 11) is 1.47. The number of rotatable bonds is 5. The highest BCUT2D eigenvalue weighted by Gasteiger charge is 2.20. The first-order chi connectivity index (χ1) is 8.73. The quantitative estimate of drug-likeness (QED) is 0.734. The van der Waals surface area contributed by atoms with Crippen molar-refractivity contribution >= 4 is 5.78 Å². The zero-order chi connectivity index (χ0) is 14.6. The van der Waals surface area contributed by atoms with Crippen molar-refractivity contribution in [3.05, 3.63) is 29.6 Å². The fourth-order valence-corrected chi connectivity index (χ4v) is 2.39. The largest absolute Gasteiger partial charge is 0.497 e. The Morgan fingerprint density at radius 2 is 2.00 bits per heavy atom. The smallest absolute Gasteiger partial charge is 0.166 e. The van der Waals surface area contributed by atoms with Crippen LogP contribution in [-0.2, 0) is 0 Å². The van der Waals surface area contributed by atoms with Crippen LogP contribution in [0.3, 0.4) is 0 Å². The first-order valence-corrected chi connectivity index (χ1v) is 6.59. The molecule has 1 aromatic rings. The van der Waals surface area contributed by atoms with Gasteiger partial charge in [-0.2, -0.15) is 0 Å². The summed E-state index contributed by atoms with van der Waals surface area (Å²) in [6.45, 7) is 8.45. The van der Waals surface area contributed by atoms with Gasteiger partial charge in [-0.25, -0.2) is 4.39 Å². The molecule has 0 aliphatic carbocycles. The molecule has 0 saturated heterocycles. The maximum absolute atomic E-state index is 13.8. The SMILES string of the molecule is COc1ccc(C(=O)CC(C)CC(C)(C)C)c(F)c1. The highest BCUT2D eigenvalue weighted by atomic mass is 19.1. The zero-order valence-corrected chi connectivity index (χ0v) is 12.4. The second kappa shape index (κ2) is 6.18. The first-order valence-electron chi connectivity index (χ1n) is 6.59. The second-order valence-electron chi connectivity index (χ2n) is 6.34. The molecule has 1 unspecified atom stereocenters. The number of methoxy groups -OCH3 is 1. The van der Waals surface area contributed by atoms with E-state index in [1.165, 1.54) is 19.2 Å². The number of carbonyl (C=O) groups is 1. The molecule has 0 spiro atoms. The van der Waals surface area contributed by atoms with Crippen molar-refractivity contribution in [2.45, 2.75) is 40.5 Å². The normalized spacial score (nSPS) is 13.2. The molecule has 19 heavy (non-hydrogen) atoms. The average Bonchev–Trinajstić information content (AvgIpc) is 2.25. The minimum Gasteiger partial charge on any atom is -0.497 e. The summed E-state index contributed by atoms with van der Waals surface area (Å²) in [6.07, 6.45) is 1.32. The maximum Gasteiger partial charge on any atom is 0.166 e. The van der Waals surface area contributed by atoms with Crippen LogP contribution in [0.25, 0.3) is 0 Å². The summed E-state index contributed by atoms with van der Waals surface area (Å²) >= 11 is 0. The predicted molar refractivity (Wildman–Crippen MR) is 75.1 cm³/mol. The molecule has 0 radical (unpaired) electrons. The molecule has 0 amide bonds. The van der Waals surface area contributed by atoms with Gasteiger partial charge in [0, 0.05) is 12.5 Å². The summed E-state index contributed by atoms with van der Waals surface area (Å²) in [4.78, 5) is 12.1. The van der Waals surface area contributed by atoms with Gasteiger partial charge in [0.1, 0.15) is 11.6 Å². The third-order valence-electron chi connectivity index (χ3n) is 2.97. The van der Waals surface area contributed by atoms with E-state index in [1.54, 1.807) is 6.07 Å². The highest BCUT2D eigenvalue weighted by Crippen LogP contribution is 2.27. The number of halogens is 1. The third-order valence-corrected chi connectivity index (χ3v) is 2.97. The molecule has 0 N–H and O–H groups in total. The first kappa shape index (κ1) is 15.7. The fourth-order valence-electron chi connectivity index (χ4n) is 2.39. The molecule has 1 atom stereocenters. The summed E-state index contributed by atoms with van der Waals surface area (Å²) in [5.41, 5.74) is 0.333. The van der Waals surface area contributed by atoms with E-state index >= 15 is 0 Å². The second-order valence-corrected chi connectivity index (χ2v) is 6.34. The Balaban J connectivity index is 2.73. The maximum atomic E-state index is 13.8. The lowest BCUT2D eigenvalue weighted by Crippen LogP contribution is -2.15. The number of ether oxygens (including phenoxy) is 1. The van der Waals surface area contributed by atoms with Crippen LogP contribution in [0, 0.1) is 17.2 Å². The van der Waals surface area contributed by atoms with Gasteiger partial charge in [-0.15, -0.1) is 0 Å². The Bertz CT molecular complexity index is 447. The molecule has 2 nitrogen and oxygen atoms in total. The monoisotopic (exact) mass is 266 g/mol. The van der Waals surface area contributed by atoms with Crippen molar-refractivity contribution in [1.29, 1.82) is 0 Å². The molecular weight excluding hydrogens is 243 g/mol. The van der Waals surface area contributed by atoms with Gasteiger partial charge >= 0.3 is 0 Å². The van der Waals surface area contributed by atoms with Crippen LogP contribution in [0.1, 0.15) is 50.9 Å². The number of carbonyl (C=O) groups excluding carboxylic acids is 1. The van der Waals surface area contributed by atoms with Gasteiger partial charge in [0.05, 0.1) is 12.7 Å². The number of ketones is 1. The van der Waals surface area contributed by atoms with E-state index < -0.39 is 5.82 Å². The third kappa shape index (κ3) is 5.01. The van der Waals surface area contributed by atoms with Gasteiger partial charge in [-0.05, 0) is 29.9 Å². The van der Waals surface area contributed by atoms with Crippen LogP contribution in [0.4, 0.5) is 4.39 Å². The van der Waals surface area contributed by atoms with Crippen molar-refractivity contribution in [3.8, 4) is 5.75 Å². The average molecular weight is 266 g/mol. The van der Waals surface area contributed by atoms with Gasteiger partial charge in [0.25, 0.3) is 0 Å². The number of hydrogen-bond donors (Lipinski definition) is 0. The van der Waals surface area contributed by atoms with Crippen molar-refractivity contribution in [3.63, 3.8) is 0 Å². The van der Waals surface area contributed by atoms with Crippen LogP contribution < -0.4 is 4.74 Å². The van der Waals surface area contributed by atoms with Crippen LogP contribution in [-0.4, -0.2) is 12.9 Å². The molecular formula is C16H23FO2. The molecule has 3 heteroatoms. The molecule has 1 rings (SSSR count). The van der Waals surface area contributed by atoms with E-state index in [1.807, 2.05) is 6.92 Å². The van der Waals surface area contributed by atoms with Gasteiger partial charge < -0.3 is 4.74 Å². The molecule has 0 heterocycles. The van der Waals surface area contributed by atoms with E-state index in [0.29, 0.717) is 12.2 Å². The van der Waals surface area contributed by atoms with Crippen LogP contribution in [0.5, 0.6) is 5.75 Å².